The zero-order valence-electron chi connectivity index (χ0n) is 11.5. The molecule has 19 heavy (non-hydrogen) atoms. The fourth-order valence-corrected chi connectivity index (χ4v) is 2.81. The number of morpholine rings is 1. The van der Waals surface area contributed by atoms with Crippen LogP contribution in [0.1, 0.15) is 17.2 Å². The Kier molecular flexibility index (Phi) is 4.13. The molecule has 1 fully saturated rings. The van der Waals surface area contributed by atoms with Gasteiger partial charge in [-0.3, -0.25) is 0 Å². The maximum Gasteiger partial charge on any atom is 0.0826 e. The van der Waals surface area contributed by atoms with Gasteiger partial charge in [0, 0.05) is 19.6 Å². The molecule has 1 aromatic rings. The maximum atomic E-state index is 5.78. The molecule has 0 bridgehead atoms. The van der Waals surface area contributed by atoms with Crippen molar-refractivity contribution in [3.63, 3.8) is 0 Å². The Morgan fingerprint density at radius 2 is 2.26 bits per heavy atom. The third-order valence-corrected chi connectivity index (χ3v) is 3.91. The number of rotatable bonds is 3. The molecule has 0 radical (unpaired) electrons. The van der Waals surface area contributed by atoms with Crippen LogP contribution in [-0.4, -0.2) is 50.9 Å². The van der Waals surface area contributed by atoms with Crippen LogP contribution in [0.2, 0.25) is 0 Å². The number of benzene rings is 1. The summed E-state index contributed by atoms with van der Waals surface area (Å²) in [4.78, 5) is 2.32. The minimum atomic E-state index is 0.285. The van der Waals surface area contributed by atoms with Crippen LogP contribution >= 0.6 is 0 Å². The summed E-state index contributed by atoms with van der Waals surface area (Å²) in [5.74, 6) is 0. The molecule has 1 N–H and O–H groups in total. The van der Waals surface area contributed by atoms with Crippen molar-refractivity contribution in [2.75, 3.05) is 39.9 Å². The van der Waals surface area contributed by atoms with Crippen LogP contribution in [-0.2, 0) is 16.1 Å². The summed E-state index contributed by atoms with van der Waals surface area (Å²) < 4.78 is 11.4. The summed E-state index contributed by atoms with van der Waals surface area (Å²) in [5, 5.41) is 3.59. The number of likely N-dealkylation sites (N-methyl/N-ethyl adjacent to an activating group) is 1. The summed E-state index contributed by atoms with van der Waals surface area (Å²) >= 11 is 0. The van der Waals surface area contributed by atoms with Crippen LogP contribution < -0.4 is 5.32 Å². The summed E-state index contributed by atoms with van der Waals surface area (Å²) in [6.07, 6.45) is 0.285. The van der Waals surface area contributed by atoms with Gasteiger partial charge in [0.15, 0.2) is 0 Å². The molecule has 4 nitrogen and oxygen atoms in total. The van der Waals surface area contributed by atoms with E-state index in [0.29, 0.717) is 6.04 Å². The average Bonchev–Trinajstić information content (AvgIpc) is 2.45. The van der Waals surface area contributed by atoms with Crippen molar-refractivity contribution in [1.82, 2.24) is 10.2 Å². The molecule has 1 saturated heterocycles. The van der Waals surface area contributed by atoms with Crippen molar-refractivity contribution in [3.8, 4) is 0 Å². The zero-order chi connectivity index (χ0) is 13.1. The number of hydrogen-bond acceptors (Lipinski definition) is 4. The molecule has 0 aromatic heterocycles. The molecule has 1 aromatic carbocycles. The molecule has 0 aliphatic carbocycles. The smallest absolute Gasteiger partial charge is 0.0826 e. The number of fused-ring (bicyclic) bond motifs is 1. The van der Waals surface area contributed by atoms with E-state index >= 15 is 0 Å². The van der Waals surface area contributed by atoms with Gasteiger partial charge in [0.25, 0.3) is 0 Å². The summed E-state index contributed by atoms with van der Waals surface area (Å²) in [5.41, 5.74) is 2.67. The van der Waals surface area contributed by atoms with Crippen LogP contribution in [0.4, 0.5) is 0 Å². The lowest BCUT2D eigenvalue weighted by molar-refractivity contribution is -0.0218. The topological polar surface area (TPSA) is 33.7 Å². The number of ether oxygens (including phenoxy) is 2. The van der Waals surface area contributed by atoms with Crippen molar-refractivity contribution < 1.29 is 9.47 Å². The Morgan fingerprint density at radius 3 is 3.16 bits per heavy atom. The van der Waals surface area contributed by atoms with Gasteiger partial charge in [-0.25, -0.2) is 0 Å². The van der Waals surface area contributed by atoms with Crippen LogP contribution in [0.25, 0.3) is 0 Å². The molecule has 0 amide bonds. The van der Waals surface area contributed by atoms with Gasteiger partial charge >= 0.3 is 0 Å². The minimum absolute atomic E-state index is 0.285. The SMILES string of the molecule is CN1CCOC(CNC2COCc3ccccc32)C1. The van der Waals surface area contributed by atoms with Crippen LogP contribution in [0.3, 0.4) is 0 Å². The van der Waals surface area contributed by atoms with E-state index in [4.69, 9.17) is 9.47 Å². The first-order chi connectivity index (χ1) is 9.33. The monoisotopic (exact) mass is 262 g/mol. The predicted octanol–water partition coefficient (Wildman–Crippen LogP) is 1.18. The molecule has 4 heteroatoms. The molecular weight excluding hydrogens is 240 g/mol. The van der Waals surface area contributed by atoms with Gasteiger partial charge in [-0.1, -0.05) is 24.3 Å². The molecule has 2 aliphatic heterocycles. The predicted molar refractivity (Wildman–Crippen MR) is 74.1 cm³/mol. The molecule has 2 heterocycles. The molecule has 2 unspecified atom stereocenters. The lowest BCUT2D eigenvalue weighted by Crippen LogP contribution is -2.46. The Balaban J connectivity index is 1.59. The first-order valence-electron chi connectivity index (χ1n) is 7.02. The maximum absolute atomic E-state index is 5.78. The standard InChI is InChI=1S/C15H22N2O2/c1-17-6-7-19-13(9-17)8-16-15-11-18-10-12-4-2-3-5-14(12)15/h2-5,13,15-16H,6-11H2,1H3. The largest absolute Gasteiger partial charge is 0.375 e. The number of nitrogens with one attached hydrogen (secondary N) is 1. The van der Waals surface area contributed by atoms with E-state index in [1.807, 2.05) is 0 Å². The van der Waals surface area contributed by atoms with Gasteiger partial charge in [-0.05, 0) is 18.2 Å². The Bertz CT molecular complexity index is 424. The van der Waals surface area contributed by atoms with E-state index in [1.54, 1.807) is 0 Å². The lowest BCUT2D eigenvalue weighted by atomic mass is 9.99. The summed E-state index contributed by atoms with van der Waals surface area (Å²) in [7, 11) is 2.15. The molecule has 3 rings (SSSR count). The molecule has 2 aliphatic rings. The second-order valence-corrected chi connectivity index (χ2v) is 5.43. The average molecular weight is 262 g/mol. The van der Waals surface area contributed by atoms with Gasteiger partial charge in [0.2, 0.25) is 0 Å². The first kappa shape index (κ1) is 13.1. The normalized spacial score (nSPS) is 28.1. The van der Waals surface area contributed by atoms with Crippen molar-refractivity contribution >= 4 is 0 Å². The second kappa shape index (κ2) is 6.01. The van der Waals surface area contributed by atoms with E-state index in [0.717, 1.165) is 39.5 Å². The highest BCUT2D eigenvalue weighted by Crippen LogP contribution is 2.24. The highest BCUT2D eigenvalue weighted by atomic mass is 16.5. The van der Waals surface area contributed by atoms with Gasteiger partial charge in [0.1, 0.15) is 0 Å². The number of hydrogen-bond donors (Lipinski definition) is 1. The van der Waals surface area contributed by atoms with E-state index in [1.165, 1.54) is 11.1 Å². The molecule has 2 atom stereocenters. The Morgan fingerprint density at radius 1 is 1.37 bits per heavy atom. The third kappa shape index (κ3) is 3.15. The highest BCUT2D eigenvalue weighted by molar-refractivity contribution is 5.31. The minimum Gasteiger partial charge on any atom is -0.375 e. The van der Waals surface area contributed by atoms with Crippen LogP contribution in [0.15, 0.2) is 24.3 Å². The molecule has 0 saturated carbocycles. The number of nitrogens with zero attached hydrogens (tertiary/aromatic N) is 1. The Labute approximate surface area is 114 Å². The summed E-state index contributed by atoms with van der Waals surface area (Å²) in [6, 6.07) is 8.81. The lowest BCUT2D eigenvalue weighted by Gasteiger charge is -2.32. The van der Waals surface area contributed by atoms with Gasteiger partial charge in [0.05, 0.1) is 32.0 Å². The molecule has 104 valence electrons. The summed E-state index contributed by atoms with van der Waals surface area (Å²) in [6.45, 7) is 5.23. The van der Waals surface area contributed by atoms with Gasteiger partial charge in [-0.2, -0.15) is 0 Å². The first-order valence-corrected chi connectivity index (χ1v) is 7.02. The van der Waals surface area contributed by atoms with E-state index in [2.05, 4.69) is 41.5 Å². The Hall–Kier alpha value is -0.940. The van der Waals surface area contributed by atoms with Crippen molar-refractivity contribution in [1.29, 1.82) is 0 Å². The van der Waals surface area contributed by atoms with Gasteiger partial charge < -0.3 is 19.7 Å². The van der Waals surface area contributed by atoms with Crippen LogP contribution in [0.5, 0.6) is 0 Å². The second-order valence-electron chi connectivity index (χ2n) is 5.43. The molecular formula is C15H22N2O2. The van der Waals surface area contributed by atoms with Gasteiger partial charge in [-0.15, -0.1) is 0 Å². The fourth-order valence-electron chi connectivity index (χ4n) is 2.81. The molecule has 0 spiro atoms. The van der Waals surface area contributed by atoms with Crippen LogP contribution in [0, 0.1) is 0 Å². The van der Waals surface area contributed by atoms with Crippen molar-refractivity contribution in [2.45, 2.75) is 18.8 Å². The van der Waals surface area contributed by atoms with E-state index in [9.17, 15) is 0 Å². The van der Waals surface area contributed by atoms with E-state index in [-0.39, 0.29) is 6.10 Å². The van der Waals surface area contributed by atoms with Crippen molar-refractivity contribution in [3.05, 3.63) is 35.4 Å². The third-order valence-electron chi connectivity index (χ3n) is 3.91. The zero-order valence-corrected chi connectivity index (χ0v) is 11.5. The van der Waals surface area contributed by atoms with E-state index < -0.39 is 0 Å². The highest BCUT2D eigenvalue weighted by Gasteiger charge is 2.23. The quantitative estimate of drug-likeness (QED) is 0.887. The fraction of sp³-hybridized carbons (Fsp3) is 0.600. The van der Waals surface area contributed by atoms with Crippen molar-refractivity contribution in [2.24, 2.45) is 0 Å².